The number of aliphatic hydroxyl groups is 1. The van der Waals surface area contributed by atoms with Crippen LogP contribution in [0.15, 0.2) is 10.3 Å². The van der Waals surface area contributed by atoms with Crippen molar-refractivity contribution in [3.05, 3.63) is 16.2 Å². The van der Waals surface area contributed by atoms with Crippen molar-refractivity contribution in [3.63, 3.8) is 0 Å². The summed E-state index contributed by atoms with van der Waals surface area (Å²) in [6.45, 7) is 1.70. The largest absolute Gasteiger partial charge is 0.389 e. The van der Waals surface area contributed by atoms with Crippen LogP contribution in [0.25, 0.3) is 0 Å². The third-order valence-electron chi connectivity index (χ3n) is 2.93. The van der Waals surface area contributed by atoms with E-state index < -0.39 is 26.2 Å². The molecule has 1 atom stereocenters. The summed E-state index contributed by atoms with van der Waals surface area (Å²) in [4.78, 5) is 9.95. The molecule has 10 heteroatoms. The van der Waals surface area contributed by atoms with Gasteiger partial charge in [-0.2, -0.15) is 4.31 Å². The van der Waals surface area contributed by atoms with Crippen molar-refractivity contribution in [2.24, 2.45) is 0 Å². The van der Waals surface area contributed by atoms with Crippen LogP contribution in [-0.2, 0) is 10.0 Å². The van der Waals surface area contributed by atoms with Crippen molar-refractivity contribution in [1.29, 1.82) is 0 Å². The fourth-order valence-electron chi connectivity index (χ4n) is 1.88. The van der Waals surface area contributed by atoms with Crippen LogP contribution in [0.1, 0.15) is 13.3 Å². The average Bonchev–Trinajstić information content (AvgIpc) is 2.82. The normalized spacial score (nSPS) is 24.7. The number of anilines is 1. The minimum absolute atomic E-state index is 0.0268. The lowest BCUT2D eigenvalue weighted by atomic mass is 10.1. The lowest BCUT2D eigenvalue weighted by Crippen LogP contribution is -2.33. The van der Waals surface area contributed by atoms with E-state index in [0.717, 1.165) is 10.4 Å². The van der Waals surface area contributed by atoms with E-state index in [-0.39, 0.29) is 22.3 Å². The van der Waals surface area contributed by atoms with Crippen molar-refractivity contribution in [2.45, 2.75) is 23.2 Å². The van der Waals surface area contributed by atoms with Crippen LogP contribution in [0.5, 0.6) is 0 Å². The van der Waals surface area contributed by atoms with Crippen LogP contribution in [0.4, 0.5) is 10.7 Å². The molecular weight excluding hydrogens is 294 g/mol. The summed E-state index contributed by atoms with van der Waals surface area (Å²) >= 11 is 0.661. The zero-order chi connectivity index (χ0) is 14.4. The lowest BCUT2D eigenvalue weighted by Gasteiger charge is -2.17. The molecular formula is C9H13N3O5S2. The molecule has 3 N–H and O–H groups in total. The zero-order valence-electron chi connectivity index (χ0n) is 10.1. The summed E-state index contributed by atoms with van der Waals surface area (Å²) in [7, 11) is -3.84. The third kappa shape index (κ3) is 2.56. The van der Waals surface area contributed by atoms with Gasteiger partial charge in [0.1, 0.15) is 4.21 Å². The molecule has 0 bridgehead atoms. The Kier molecular flexibility index (Phi) is 3.29. The monoisotopic (exact) mass is 307 g/mol. The van der Waals surface area contributed by atoms with Crippen LogP contribution >= 0.6 is 11.3 Å². The maximum absolute atomic E-state index is 12.3. The summed E-state index contributed by atoms with van der Waals surface area (Å²) in [5.41, 5.74) is 3.96. The first-order valence-electron chi connectivity index (χ1n) is 5.40. The maximum Gasteiger partial charge on any atom is 0.304 e. The molecule has 106 valence electrons. The van der Waals surface area contributed by atoms with Gasteiger partial charge in [-0.05, 0) is 13.3 Å². The number of nitrogens with two attached hydrogens (primary N) is 1. The Morgan fingerprint density at radius 3 is 2.68 bits per heavy atom. The SMILES string of the molecule is CC1(O)CCN(S(=O)(=O)c2cc([N+](=O)[O-])c(N)s2)C1. The van der Waals surface area contributed by atoms with E-state index in [1.165, 1.54) is 0 Å². The molecule has 0 aromatic carbocycles. The van der Waals surface area contributed by atoms with Gasteiger partial charge >= 0.3 is 5.69 Å². The summed E-state index contributed by atoms with van der Waals surface area (Å²) in [6.07, 6.45) is 0.329. The molecule has 2 heterocycles. The van der Waals surface area contributed by atoms with Crippen molar-refractivity contribution in [1.82, 2.24) is 4.31 Å². The minimum Gasteiger partial charge on any atom is -0.389 e. The second kappa shape index (κ2) is 4.40. The van der Waals surface area contributed by atoms with Crippen LogP contribution < -0.4 is 5.73 Å². The van der Waals surface area contributed by atoms with Gasteiger partial charge in [0.15, 0.2) is 5.00 Å². The standard InChI is InChI=1S/C9H13N3O5S2/c1-9(13)2-3-11(5-9)19(16,17)7-4-6(12(14)15)8(10)18-7/h4,13H,2-3,5,10H2,1H3. The smallest absolute Gasteiger partial charge is 0.304 e. The minimum atomic E-state index is -3.84. The molecule has 0 radical (unpaired) electrons. The van der Waals surface area contributed by atoms with E-state index in [9.17, 15) is 23.6 Å². The number of sulfonamides is 1. The Bertz CT molecular complexity index is 622. The lowest BCUT2D eigenvalue weighted by molar-refractivity contribution is -0.383. The summed E-state index contributed by atoms with van der Waals surface area (Å²) in [5, 5.41) is 20.3. The number of nitrogen functional groups attached to an aromatic ring is 1. The number of hydrogen-bond acceptors (Lipinski definition) is 7. The van der Waals surface area contributed by atoms with E-state index in [1.54, 1.807) is 6.92 Å². The zero-order valence-corrected chi connectivity index (χ0v) is 11.7. The van der Waals surface area contributed by atoms with Crippen LogP contribution in [-0.4, -0.2) is 41.4 Å². The fourth-order valence-corrected chi connectivity index (χ4v) is 4.81. The molecule has 1 unspecified atom stereocenters. The number of hydrogen-bond donors (Lipinski definition) is 2. The predicted molar refractivity (Wildman–Crippen MR) is 69.4 cm³/mol. The third-order valence-corrected chi connectivity index (χ3v) is 6.17. The number of thiophene rings is 1. The second-order valence-corrected chi connectivity index (χ2v) is 7.91. The van der Waals surface area contributed by atoms with E-state index in [1.807, 2.05) is 0 Å². The highest BCUT2D eigenvalue weighted by atomic mass is 32.2. The number of rotatable bonds is 3. The van der Waals surface area contributed by atoms with Gasteiger partial charge in [0.2, 0.25) is 0 Å². The van der Waals surface area contributed by atoms with Crippen LogP contribution in [0, 0.1) is 10.1 Å². The topological polar surface area (TPSA) is 127 Å². The maximum atomic E-state index is 12.3. The molecule has 0 amide bonds. The highest BCUT2D eigenvalue weighted by Crippen LogP contribution is 2.37. The quantitative estimate of drug-likeness (QED) is 0.614. The molecule has 1 aromatic rings. The molecule has 0 spiro atoms. The first-order chi connectivity index (χ1) is 8.63. The molecule has 1 aliphatic heterocycles. The first-order valence-corrected chi connectivity index (χ1v) is 7.65. The Hall–Kier alpha value is -1.23. The van der Waals surface area contributed by atoms with E-state index in [2.05, 4.69) is 0 Å². The Morgan fingerprint density at radius 1 is 1.63 bits per heavy atom. The van der Waals surface area contributed by atoms with Gasteiger partial charge in [0.05, 0.1) is 10.5 Å². The van der Waals surface area contributed by atoms with Gasteiger partial charge in [0, 0.05) is 19.2 Å². The van der Waals surface area contributed by atoms with Gasteiger partial charge in [0.25, 0.3) is 10.0 Å². The molecule has 1 fully saturated rings. The molecule has 2 rings (SSSR count). The Labute approximate surface area is 113 Å². The summed E-state index contributed by atoms with van der Waals surface area (Å²) in [5.74, 6) is 0. The van der Waals surface area contributed by atoms with E-state index in [4.69, 9.17) is 5.73 Å². The second-order valence-electron chi connectivity index (χ2n) is 4.66. The molecule has 0 aliphatic carbocycles. The summed E-state index contributed by atoms with van der Waals surface area (Å²) in [6, 6.07) is 0.961. The van der Waals surface area contributed by atoms with Crippen LogP contribution in [0.2, 0.25) is 0 Å². The molecule has 1 aromatic heterocycles. The van der Waals surface area contributed by atoms with Gasteiger partial charge in [-0.15, -0.1) is 0 Å². The summed E-state index contributed by atoms with van der Waals surface area (Å²) < 4.78 is 25.5. The Morgan fingerprint density at radius 2 is 2.26 bits per heavy atom. The molecule has 0 saturated carbocycles. The average molecular weight is 307 g/mol. The molecule has 1 saturated heterocycles. The van der Waals surface area contributed by atoms with Crippen LogP contribution in [0.3, 0.4) is 0 Å². The first kappa shape index (κ1) is 14.2. The van der Waals surface area contributed by atoms with Crippen molar-refractivity contribution in [3.8, 4) is 0 Å². The fraction of sp³-hybridized carbons (Fsp3) is 0.556. The van der Waals surface area contributed by atoms with Gasteiger partial charge in [-0.3, -0.25) is 10.1 Å². The van der Waals surface area contributed by atoms with E-state index >= 15 is 0 Å². The molecule has 1 aliphatic rings. The highest BCUT2D eigenvalue weighted by Gasteiger charge is 2.40. The van der Waals surface area contributed by atoms with Crippen molar-refractivity contribution < 1.29 is 18.4 Å². The van der Waals surface area contributed by atoms with Crippen molar-refractivity contribution in [2.75, 3.05) is 18.8 Å². The van der Waals surface area contributed by atoms with E-state index in [0.29, 0.717) is 17.8 Å². The van der Waals surface area contributed by atoms with Crippen molar-refractivity contribution >= 4 is 32.0 Å². The molecule has 8 nitrogen and oxygen atoms in total. The number of nitrogens with zero attached hydrogens (tertiary/aromatic N) is 2. The van der Waals surface area contributed by atoms with Gasteiger partial charge in [-0.1, -0.05) is 11.3 Å². The number of nitro groups is 1. The predicted octanol–water partition coefficient (Wildman–Crippen LogP) is 0.384. The molecule has 19 heavy (non-hydrogen) atoms. The Balaban J connectivity index is 2.36. The van der Waals surface area contributed by atoms with Gasteiger partial charge < -0.3 is 10.8 Å². The van der Waals surface area contributed by atoms with Gasteiger partial charge in [-0.25, -0.2) is 8.42 Å². The number of β-amino-alcohol motifs (C(OH)–C–C–N with tert-alkyl or cyclic N) is 1. The highest BCUT2D eigenvalue weighted by molar-refractivity contribution is 7.91.